The summed E-state index contributed by atoms with van der Waals surface area (Å²) >= 11 is 6.56. The van der Waals surface area contributed by atoms with Crippen LogP contribution in [0.2, 0.25) is 0 Å². The molecule has 102 valence electrons. The maximum Gasteiger partial charge on any atom is 0.267 e. The van der Waals surface area contributed by atoms with Crippen LogP contribution in [-0.4, -0.2) is 15.0 Å². The molecule has 5 nitrogen and oxygen atoms in total. The lowest BCUT2D eigenvalue weighted by Crippen LogP contribution is -2.14. The molecule has 0 saturated carbocycles. The molecule has 0 aromatic carbocycles. The summed E-state index contributed by atoms with van der Waals surface area (Å²) in [7, 11) is 0. The molecule has 0 spiro atoms. The highest BCUT2D eigenvalue weighted by atomic mass is 79.9. The summed E-state index contributed by atoms with van der Waals surface area (Å²) in [6, 6.07) is 1.95. The average molecular weight is 455 g/mol. The van der Waals surface area contributed by atoms with Crippen molar-refractivity contribution in [1.29, 1.82) is 0 Å². The van der Waals surface area contributed by atoms with Crippen molar-refractivity contribution in [1.82, 2.24) is 15.0 Å². The lowest BCUT2D eigenvalue weighted by molar-refractivity contribution is 0.982. The fourth-order valence-electron chi connectivity index (χ4n) is 1.43. The molecule has 0 aliphatic rings. The molecule has 0 fully saturated rings. The molecule has 0 aliphatic carbocycles. The van der Waals surface area contributed by atoms with E-state index < -0.39 is 0 Å². The molecule has 2 heterocycles. The van der Waals surface area contributed by atoms with E-state index >= 15 is 0 Å². The Hall–Kier alpha value is -0.730. The van der Waals surface area contributed by atoms with Gasteiger partial charge in [0.2, 0.25) is 0 Å². The van der Waals surface area contributed by atoms with E-state index in [9.17, 15) is 4.79 Å². The van der Waals surface area contributed by atoms with E-state index in [1.165, 1.54) is 0 Å². The first-order valence-electron chi connectivity index (χ1n) is 5.16. The summed E-state index contributed by atoms with van der Waals surface area (Å²) in [4.78, 5) is 22.4. The number of hydrogen-bond acceptors (Lipinski definition) is 4. The second-order valence-electron chi connectivity index (χ2n) is 3.68. The van der Waals surface area contributed by atoms with Gasteiger partial charge in [0.1, 0.15) is 16.1 Å². The van der Waals surface area contributed by atoms with Crippen LogP contribution in [0.3, 0.4) is 0 Å². The van der Waals surface area contributed by atoms with Crippen molar-refractivity contribution >= 4 is 54.7 Å². The SMILES string of the molecule is Br.Cc1nc(NCc2cncc(Br)c2)c(Br)c(=O)[nH]1. The van der Waals surface area contributed by atoms with Crippen LogP contribution in [0.25, 0.3) is 0 Å². The fourth-order valence-corrected chi connectivity index (χ4v) is 2.17. The molecule has 0 atom stereocenters. The van der Waals surface area contributed by atoms with Gasteiger partial charge in [-0.25, -0.2) is 4.98 Å². The molecule has 2 aromatic rings. The van der Waals surface area contributed by atoms with Gasteiger partial charge in [-0.1, -0.05) is 0 Å². The highest BCUT2D eigenvalue weighted by molar-refractivity contribution is 9.10. The van der Waals surface area contributed by atoms with Crippen LogP contribution in [0.5, 0.6) is 0 Å². The van der Waals surface area contributed by atoms with E-state index in [1.54, 1.807) is 19.3 Å². The minimum Gasteiger partial charge on any atom is -0.365 e. The lowest BCUT2D eigenvalue weighted by atomic mass is 10.3. The van der Waals surface area contributed by atoms with Crippen molar-refractivity contribution < 1.29 is 0 Å². The number of H-pyrrole nitrogens is 1. The summed E-state index contributed by atoms with van der Waals surface area (Å²) in [6.45, 7) is 2.28. The molecule has 8 heteroatoms. The number of halogens is 3. The van der Waals surface area contributed by atoms with Gasteiger partial charge >= 0.3 is 0 Å². The lowest BCUT2D eigenvalue weighted by Gasteiger charge is -2.07. The summed E-state index contributed by atoms with van der Waals surface area (Å²) in [5.74, 6) is 1.09. The molecule has 0 bridgehead atoms. The molecule has 2 N–H and O–H groups in total. The van der Waals surface area contributed by atoms with Crippen LogP contribution in [0.15, 0.2) is 32.2 Å². The quantitative estimate of drug-likeness (QED) is 0.747. The van der Waals surface area contributed by atoms with Crippen LogP contribution >= 0.6 is 48.8 Å². The van der Waals surface area contributed by atoms with Crippen molar-refractivity contribution in [2.24, 2.45) is 0 Å². The second kappa shape index (κ2) is 7.16. The van der Waals surface area contributed by atoms with Gasteiger partial charge in [-0.2, -0.15) is 0 Å². The maximum absolute atomic E-state index is 11.5. The number of anilines is 1. The maximum atomic E-state index is 11.5. The van der Waals surface area contributed by atoms with E-state index in [1.807, 2.05) is 6.07 Å². The first kappa shape index (κ1) is 16.3. The molecular weight excluding hydrogens is 444 g/mol. The van der Waals surface area contributed by atoms with Crippen molar-refractivity contribution in [3.05, 3.63) is 49.1 Å². The number of nitrogens with one attached hydrogen (secondary N) is 2. The number of aryl methyl sites for hydroxylation is 1. The summed E-state index contributed by atoms with van der Waals surface area (Å²) in [5.41, 5.74) is 0.799. The number of pyridine rings is 1. The Morgan fingerprint density at radius 3 is 2.79 bits per heavy atom. The van der Waals surface area contributed by atoms with E-state index in [0.29, 0.717) is 22.7 Å². The monoisotopic (exact) mass is 452 g/mol. The number of rotatable bonds is 3. The summed E-state index contributed by atoms with van der Waals surface area (Å²) in [6.07, 6.45) is 3.47. The first-order chi connectivity index (χ1) is 8.56. The Bertz CT molecular complexity index is 630. The highest BCUT2D eigenvalue weighted by Crippen LogP contribution is 2.16. The van der Waals surface area contributed by atoms with E-state index in [0.717, 1.165) is 10.0 Å². The third-order valence-electron chi connectivity index (χ3n) is 2.20. The van der Waals surface area contributed by atoms with Gasteiger partial charge in [-0.05, 0) is 50.4 Å². The first-order valence-corrected chi connectivity index (χ1v) is 6.74. The topological polar surface area (TPSA) is 70.7 Å². The fraction of sp³-hybridized carbons (Fsp3) is 0.182. The number of hydrogen-bond donors (Lipinski definition) is 2. The minimum absolute atomic E-state index is 0. The smallest absolute Gasteiger partial charge is 0.267 e. The zero-order chi connectivity index (χ0) is 13.1. The zero-order valence-electron chi connectivity index (χ0n) is 9.91. The standard InChI is InChI=1S/C11H10Br2N4O.BrH/c1-6-16-10(9(13)11(18)17-6)15-4-7-2-8(12)5-14-3-7;/h2-3,5H,4H2,1H3,(H2,15,16,17,18);1H. The van der Waals surface area contributed by atoms with Crippen LogP contribution in [-0.2, 0) is 6.54 Å². The van der Waals surface area contributed by atoms with Gasteiger partial charge in [0.25, 0.3) is 5.56 Å². The summed E-state index contributed by atoms with van der Waals surface area (Å²) in [5, 5.41) is 3.10. The molecule has 0 aliphatic heterocycles. The third-order valence-corrected chi connectivity index (χ3v) is 3.37. The second-order valence-corrected chi connectivity index (χ2v) is 5.39. The normalized spacial score (nSPS) is 9.84. The Labute approximate surface area is 137 Å². The largest absolute Gasteiger partial charge is 0.365 e. The van der Waals surface area contributed by atoms with Gasteiger partial charge in [-0.3, -0.25) is 9.78 Å². The van der Waals surface area contributed by atoms with Crippen molar-refractivity contribution in [3.63, 3.8) is 0 Å². The highest BCUT2D eigenvalue weighted by Gasteiger charge is 2.06. The van der Waals surface area contributed by atoms with Gasteiger partial charge in [0.05, 0.1) is 0 Å². The Kier molecular flexibility index (Phi) is 6.15. The molecule has 0 radical (unpaired) electrons. The molecule has 0 unspecified atom stereocenters. The predicted octanol–water partition coefficient (Wildman–Crippen LogP) is 3.19. The summed E-state index contributed by atoms with van der Waals surface area (Å²) < 4.78 is 1.31. The molecule has 19 heavy (non-hydrogen) atoms. The van der Waals surface area contributed by atoms with Crippen LogP contribution in [0, 0.1) is 6.92 Å². The number of aromatic nitrogens is 3. The zero-order valence-corrected chi connectivity index (χ0v) is 14.8. The molecular formula is C11H11Br3N4O. The molecule has 2 aromatic heterocycles. The van der Waals surface area contributed by atoms with Gasteiger partial charge in [-0.15, -0.1) is 17.0 Å². The Morgan fingerprint density at radius 1 is 1.37 bits per heavy atom. The van der Waals surface area contributed by atoms with Crippen molar-refractivity contribution in [3.8, 4) is 0 Å². The number of nitrogens with zero attached hydrogens (tertiary/aromatic N) is 2. The third kappa shape index (κ3) is 4.39. The van der Waals surface area contributed by atoms with Gasteiger partial charge in [0.15, 0.2) is 0 Å². The van der Waals surface area contributed by atoms with Gasteiger partial charge < -0.3 is 10.3 Å². The van der Waals surface area contributed by atoms with Crippen molar-refractivity contribution in [2.45, 2.75) is 13.5 Å². The molecule has 2 rings (SSSR count). The van der Waals surface area contributed by atoms with Crippen LogP contribution in [0.4, 0.5) is 5.82 Å². The van der Waals surface area contributed by atoms with E-state index in [4.69, 9.17) is 0 Å². The molecule has 0 amide bonds. The van der Waals surface area contributed by atoms with E-state index in [2.05, 4.69) is 52.1 Å². The van der Waals surface area contributed by atoms with Gasteiger partial charge in [0, 0.05) is 23.4 Å². The Morgan fingerprint density at radius 2 is 2.11 bits per heavy atom. The predicted molar refractivity (Wildman–Crippen MR) is 86.9 cm³/mol. The molecule has 0 saturated heterocycles. The van der Waals surface area contributed by atoms with Crippen LogP contribution < -0.4 is 10.9 Å². The van der Waals surface area contributed by atoms with E-state index in [-0.39, 0.29) is 22.5 Å². The Balaban J connectivity index is 0.00000180. The number of aromatic amines is 1. The minimum atomic E-state index is -0.197. The average Bonchev–Trinajstić information content (AvgIpc) is 2.32. The van der Waals surface area contributed by atoms with Crippen molar-refractivity contribution in [2.75, 3.05) is 5.32 Å². The van der Waals surface area contributed by atoms with Crippen LogP contribution in [0.1, 0.15) is 11.4 Å².